The van der Waals surface area contributed by atoms with Gasteiger partial charge in [0, 0.05) is 77.3 Å². The second-order valence-corrected chi connectivity index (χ2v) is 9.44. The number of aromatic nitrogens is 6. The van der Waals surface area contributed by atoms with Gasteiger partial charge in [0.05, 0.1) is 42.2 Å². The maximum absolute atomic E-state index is 13.6. The minimum absolute atomic E-state index is 0.0998. The van der Waals surface area contributed by atoms with Crippen molar-refractivity contribution in [3.05, 3.63) is 73.3 Å². The molecule has 1 aliphatic heterocycles. The van der Waals surface area contributed by atoms with Crippen LogP contribution in [0.15, 0.2) is 72.2 Å². The third kappa shape index (κ3) is 3.95. The lowest BCUT2D eigenvalue weighted by atomic mass is 10.0. The lowest BCUT2D eigenvalue weighted by molar-refractivity contribution is 0.0115. The van der Waals surface area contributed by atoms with E-state index < -0.39 is 5.92 Å². The molecule has 6 aromatic rings. The average Bonchev–Trinajstić information content (AvgIpc) is 3.69. The van der Waals surface area contributed by atoms with Crippen molar-refractivity contribution in [3.63, 3.8) is 0 Å². The first-order chi connectivity index (χ1) is 18.0. The number of rotatable bonds is 5. The molecule has 0 saturated carbocycles. The van der Waals surface area contributed by atoms with Crippen LogP contribution in [-0.4, -0.2) is 54.0 Å². The van der Waals surface area contributed by atoms with Gasteiger partial charge in [-0.2, -0.15) is 5.10 Å². The first-order valence-electron chi connectivity index (χ1n) is 11.9. The van der Waals surface area contributed by atoms with Crippen LogP contribution in [0.1, 0.15) is 12.0 Å². The largest absolute Gasteiger partial charge is 0.472 e. The summed E-state index contributed by atoms with van der Waals surface area (Å²) in [5.74, 6) is -2.62. The molecule has 1 aliphatic rings. The van der Waals surface area contributed by atoms with Crippen molar-refractivity contribution in [1.29, 1.82) is 0 Å². The van der Waals surface area contributed by atoms with Crippen molar-refractivity contribution in [2.45, 2.75) is 18.9 Å². The molecule has 0 bridgehead atoms. The Hall–Kier alpha value is -4.44. The van der Waals surface area contributed by atoms with Crippen molar-refractivity contribution in [2.75, 3.05) is 13.1 Å². The molecule has 0 radical (unpaired) electrons. The van der Waals surface area contributed by atoms with Crippen LogP contribution < -0.4 is 0 Å². The fourth-order valence-corrected chi connectivity index (χ4v) is 5.03. The molecule has 2 N–H and O–H groups in total. The first-order valence-corrected chi connectivity index (χ1v) is 11.9. The van der Waals surface area contributed by atoms with Crippen LogP contribution in [0.3, 0.4) is 0 Å². The molecule has 0 atom stereocenters. The Bertz CT molecular complexity index is 1740. The van der Waals surface area contributed by atoms with Crippen molar-refractivity contribution in [2.24, 2.45) is 0 Å². The summed E-state index contributed by atoms with van der Waals surface area (Å²) in [5, 5.41) is 9.38. The first kappa shape index (κ1) is 21.8. The summed E-state index contributed by atoms with van der Waals surface area (Å²) in [4.78, 5) is 18.5. The van der Waals surface area contributed by atoms with Gasteiger partial charge in [-0.25, -0.2) is 13.8 Å². The van der Waals surface area contributed by atoms with E-state index in [0.29, 0.717) is 18.7 Å². The van der Waals surface area contributed by atoms with Gasteiger partial charge in [0.25, 0.3) is 5.92 Å². The number of fused-ring (bicyclic) bond motifs is 2. The standard InChI is InChI=1S/C27H21F2N7O/c28-27(29)2-3-36(15-27)13-16-5-18(9-30-8-16)19-6-21-25(34-35-26(21)32-10-19)23-7-20-22(17-1-4-37-14-17)11-31-12-24(20)33-23/h1,4-12,14,33H,2-3,13,15H2,(H,32,34,35). The predicted molar refractivity (Wildman–Crippen MR) is 135 cm³/mol. The van der Waals surface area contributed by atoms with E-state index in [4.69, 9.17) is 4.42 Å². The molecule has 37 heavy (non-hydrogen) atoms. The van der Waals surface area contributed by atoms with Gasteiger partial charge in [-0.15, -0.1) is 0 Å². The highest BCUT2D eigenvalue weighted by Gasteiger charge is 2.37. The second-order valence-electron chi connectivity index (χ2n) is 9.44. The normalized spacial score (nSPS) is 15.7. The fourth-order valence-electron chi connectivity index (χ4n) is 5.03. The second kappa shape index (κ2) is 8.31. The van der Waals surface area contributed by atoms with E-state index in [1.807, 2.05) is 24.4 Å². The summed E-state index contributed by atoms with van der Waals surface area (Å²) in [6, 6.07) is 7.97. The zero-order valence-electron chi connectivity index (χ0n) is 19.6. The van der Waals surface area contributed by atoms with Crippen LogP contribution in [0.5, 0.6) is 0 Å². The van der Waals surface area contributed by atoms with E-state index in [-0.39, 0.29) is 13.0 Å². The minimum Gasteiger partial charge on any atom is -0.472 e. The third-order valence-corrected chi connectivity index (χ3v) is 6.84. The number of aromatic amines is 2. The topological polar surface area (TPSA) is 99.5 Å². The van der Waals surface area contributed by atoms with Crippen molar-refractivity contribution < 1.29 is 13.2 Å². The van der Waals surface area contributed by atoms with E-state index in [1.54, 1.807) is 42.2 Å². The van der Waals surface area contributed by atoms with Gasteiger partial charge >= 0.3 is 0 Å². The van der Waals surface area contributed by atoms with Gasteiger partial charge in [-0.3, -0.25) is 20.0 Å². The van der Waals surface area contributed by atoms with Crippen molar-refractivity contribution in [3.8, 4) is 33.6 Å². The molecule has 0 spiro atoms. The zero-order valence-corrected chi connectivity index (χ0v) is 19.6. The van der Waals surface area contributed by atoms with Gasteiger partial charge < -0.3 is 9.40 Å². The Labute approximate surface area is 209 Å². The number of halogens is 2. The number of H-pyrrole nitrogens is 2. The van der Waals surface area contributed by atoms with Gasteiger partial charge in [0.1, 0.15) is 0 Å². The molecule has 6 aromatic heterocycles. The molecule has 1 fully saturated rings. The molecule has 10 heteroatoms. The number of furan rings is 1. The summed E-state index contributed by atoms with van der Waals surface area (Å²) in [6.07, 6.45) is 12.1. The molecule has 0 unspecified atom stereocenters. The van der Waals surface area contributed by atoms with Gasteiger partial charge in [0.2, 0.25) is 0 Å². The number of alkyl halides is 2. The summed E-state index contributed by atoms with van der Waals surface area (Å²) >= 11 is 0. The van der Waals surface area contributed by atoms with Crippen molar-refractivity contribution >= 4 is 21.9 Å². The third-order valence-electron chi connectivity index (χ3n) is 6.84. The molecule has 7 rings (SSSR count). The maximum Gasteiger partial charge on any atom is 0.261 e. The van der Waals surface area contributed by atoms with E-state index in [9.17, 15) is 8.78 Å². The molecule has 0 amide bonds. The molecule has 7 heterocycles. The quantitative estimate of drug-likeness (QED) is 0.319. The van der Waals surface area contributed by atoms with E-state index in [1.165, 1.54) is 0 Å². The molecule has 1 saturated heterocycles. The average molecular weight is 498 g/mol. The Kier molecular flexibility index (Phi) is 4.90. The SMILES string of the molecule is FC1(F)CCN(Cc2cncc(-c3cnc4n[nH]c(-c5cc6c(-c7ccoc7)cncc6[nH]5)c4c3)c2)C1. The van der Waals surface area contributed by atoms with Crippen LogP contribution in [0.2, 0.25) is 0 Å². The van der Waals surface area contributed by atoms with E-state index in [2.05, 4.69) is 36.2 Å². The maximum atomic E-state index is 13.6. The molecule has 0 aliphatic carbocycles. The Morgan fingerprint density at radius 2 is 1.86 bits per heavy atom. The molecule has 184 valence electrons. The van der Waals surface area contributed by atoms with Crippen LogP contribution in [0.25, 0.3) is 55.6 Å². The Morgan fingerprint density at radius 1 is 0.973 bits per heavy atom. The van der Waals surface area contributed by atoms with Gasteiger partial charge in [-0.1, -0.05) is 0 Å². The highest BCUT2D eigenvalue weighted by molar-refractivity contribution is 6.00. The minimum atomic E-state index is -2.62. The summed E-state index contributed by atoms with van der Waals surface area (Å²) in [6.45, 7) is 0.599. The highest BCUT2D eigenvalue weighted by Crippen LogP contribution is 2.34. The molecular formula is C27H21F2N7O. The zero-order chi connectivity index (χ0) is 25.0. The Morgan fingerprint density at radius 3 is 2.70 bits per heavy atom. The lowest BCUT2D eigenvalue weighted by Crippen LogP contribution is -2.24. The van der Waals surface area contributed by atoms with Gasteiger partial charge in [0.15, 0.2) is 5.65 Å². The van der Waals surface area contributed by atoms with E-state index >= 15 is 0 Å². The monoisotopic (exact) mass is 497 g/mol. The fraction of sp³-hybridized carbons (Fsp3) is 0.185. The molecule has 0 aromatic carbocycles. The van der Waals surface area contributed by atoms with Crippen LogP contribution in [0, 0.1) is 0 Å². The Balaban J connectivity index is 1.24. The lowest BCUT2D eigenvalue weighted by Gasteiger charge is -2.15. The number of hydrogen-bond donors (Lipinski definition) is 2. The van der Waals surface area contributed by atoms with Crippen molar-refractivity contribution in [1.82, 2.24) is 35.0 Å². The summed E-state index contributed by atoms with van der Waals surface area (Å²) in [7, 11) is 0. The molecule has 8 nitrogen and oxygen atoms in total. The number of nitrogens with one attached hydrogen (secondary N) is 2. The highest BCUT2D eigenvalue weighted by atomic mass is 19.3. The van der Waals surface area contributed by atoms with Crippen LogP contribution in [0.4, 0.5) is 8.78 Å². The van der Waals surface area contributed by atoms with Gasteiger partial charge in [-0.05, 0) is 29.8 Å². The summed E-state index contributed by atoms with van der Waals surface area (Å²) < 4.78 is 32.5. The van der Waals surface area contributed by atoms with Crippen LogP contribution >= 0.6 is 0 Å². The number of pyridine rings is 3. The van der Waals surface area contributed by atoms with E-state index in [0.717, 1.165) is 55.5 Å². The smallest absolute Gasteiger partial charge is 0.261 e. The summed E-state index contributed by atoms with van der Waals surface area (Å²) in [5.41, 5.74) is 7.69. The number of likely N-dealkylation sites (tertiary alicyclic amines) is 1. The van der Waals surface area contributed by atoms with Crippen LogP contribution in [-0.2, 0) is 6.54 Å². The number of hydrogen-bond acceptors (Lipinski definition) is 6. The molecular weight excluding hydrogens is 476 g/mol. The predicted octanol–water partition coefficient (Wildman–Crippen LogP) is 5.66. The number of nitrogens with zero attached hydrogens (tertiary/aromatic N) is 5.